The molecule has 0 saturated carbocycles. The number of aryl methyl sites for hydroxylation is 1. The van der Waals surface area contributed by atoms with Gasteiger partial charge < -0.3 is 20.3 Å². The Morgan fingerprint density at radius 1 is 1.41 bits per heavy atom. The van der Waals surface area contributed by atoms with E-state index in [1.54, 1.807) is 0 Å². The van der Waals surface area contributed by atoms with Gasteiger partial charge in [0.15, 0.2) is 0 Å². The van der Waals surface area contributed by atoms with Gasteiger partial charge in [-0.1, -0.05) is 17.7 Å². The SMILES string of the molecule is Cn1ccc(CNC(=O)NCC(O)c2ccc(Cl)c(F)c2)c1. The molecule has 118 valence electrons. The number of nitrogens with one attached hydrogen (secondary N) is 2. The van der Waals surface area contributed by atoms with Crippen LogP contribution in [0, 0.1) is 5.82 Å². The highest BCUT2D eigenvalue weighted by Crippen LogP contribution is 2.19. The Hall–Kier alpha value is -2.05. The highest BCUT2D eigenvalue weighted by molar-refractivity contribution is 6.30. The Balaban J connectivity index is 1.78. The van der Waals surface area contributed by atoms with Crippen LogP contribution < -0.4 is 10.6 Å². The molecule has 1 aromatic heterocycles. The van der Waals surface area contributed by atoms with Crippen molar-refractivity contribution in [3.05, 3.63) is 58.6 Å². The quantitative estimate of drug-likeness (QED) is 0.790. The van der Waals surface area contributed by atoms with Gasteiger partial charge in [0.1, 0.15) is 5.82 Å². The number of hydrogen-bond acceptors (Lipinski definition) is 2. The third kappa shape index (κ3) is 4.47. The third-order valence-electron chi connectivity index (χ3n) is 3.13. The second-order valence-corrected chi connectivity index (χ2v) is 5.35. The summed E-state index contributed by atoms with van der Waals surface area (Å²) in [6, 6.07) is 5.52. The van der Waals surface area contributed by atoms with Crippen LogP contribution in [0.2, 0.25) is 5.02 Å². The monoisotopic (exact) mass is 325 g/mol. The van der Waals surface area contributed by atoms with E-state index in [9.17, 15) is 14.3 Å². The molecule has 0 aliphatic carbocycles. The van der Waals surface area contributed by atoms with Crippen LogP contribution in [0.4, 0.5) is 9.18 Å². The van der Waals surface area contributed by atoms with Gasteiger partial charge in [-0.3, -0.25) is 0 Å². The van der Waals surface area contributed by atoms with E-state index in [4.69, 9.17) is 11.6 Å². The first-order chi connectivity index (χ1) is 10.5. The maximum absolute atomic E-state index is 13.3. The van der Waals surface area contributed by atoms with Crippen molar-refractivity contribution in [3.63, 3.8) is 0 Å². The number of amides is 2. The fourth-order valence-corrected chi connectivity index (χ4v) is 2.05. The van der Waals surface area contributed by atoms with Crippen LogP contribution in [-0.4, -0.2) is 22.2 Å². The predicted molar refractivity (Wildman–Crippen MR) is 82.0 cm³/mol. The number of carbonyl (C=O) groups is 1. The van der Waals surface area contributed by atoms with Crippen molar-refractivity contribution < 1.29 is 14.3 Å². The molecule has 1 aromatic carbocycles. The van der Waals surface area contributed by atoms with E-state index in [0.29, 0.717) is 12.1 Å². The minimum Gasteiger partial charge on any atom is -0.387 e. The molecule has 0 aliphatic rings. The first-order valence-corrected chi connectivity index (χ1v) is 7.09. The number of nitrogens with zero attached hydrogens (tertiary/aromatic N) is 1. The number of hydrogen-bond donors (Lipinski definition) is 3. The van der Waals surface area contributed by atoms with Crippen molar-refractivity contribution in [2.75, 3.05) is 6.54 Å². The van der Waals surface area contributed by atoms with Crippen LogP contribution in [0.15, 0.2) is 36.7 Å². The van der Waals surface area contributed by atoms with Crippen molar-refractivity contribution >= 4 is 17.6 Å². The van der Waals surface area contributed by atoms with Crippen LogP contribution in [0.3, 0.4) is 0 Å². The van der Waals surface area contributed by atoms with Crippen molar-refractivity contribution in [1.29, 1.82) is 0 Å². The maximum Gasteiger partial charge on any atom is 0.315 e. The third-order valence-corrected chi connectivity index (χ3v) is 3.44. The Labute approximate surface area is 132 Å². The lowest BCUT2D eigenvalue weighted by Gasteiger charge is -2.13. The lowest BCUT2D eigenvalue weighted by molar-refractivity contribution is 0.172. The van der Waals surface area contributed by atoms with Crippen molar-refractivity contribution in [1.82, 2.24) is 15.2 Å². The topological polar surface area (TPSA) is 66.3 Å². The first-order valence-electron chi connectivity index (χ1n) is 6.71. The number of rotatable bonds is 5. The fraction of sp³-hybridized carbons (Fsp3) is 0.267. The second kappa shape index (κ2) is 7.29. The van der Waals surface area contributed by atoms with Crippen LogP contribution >= 0.6 is 11.6 Å². The number of aliphatic hydroxyl groups is 1. The smallest absolute Gasteiger partial charge is 0.315 e. The Morgan fingerprint density at radius 3 is 2.82 bits per heavy atom. The molecule has 1 unspecified atom stereocenters. The summed E-state index contributed by atoms with van der Waals surface area (Å²) in [6.07, 6.45) is 2.77. The van der Waals surface area contributed by atoms with E-state index in [0.717, 1.165) is 11.6 Å². The molecule has 7 heteroatoms. The minimum absolute atomic E-state index is 0.00971. The molecule has 0 fully saturated rings. The standard InChI is InChI=1S/C15H17ClFN3O2/c1-20-5-4-10(9-20)7-18-15(22)19-8-14(21)11-2-3-12(16)13(17)6-11/h2-6,9,14,21H,7-8H2,1H3,(H2,18,19,22). The number of aromatic nitrogens is 1. The summed E-state index contributed by atoms with van der Waals surface area (Å²) >= 11 is 5.58. The number of urea groups is 1. The van der Waals surface area contributed by atoms with Crippen LogP contribution in [-0.2, 0) is 13.6 Å². The molecule has 2 amide bonds. The summed E-state index contributed by atoms with van der Waals surface area (Å²) < 4.78 is 15.2. The van der Waals surface area contributed by atoms with Crippen molar-refractivity contribution in [3.8, 4) is 0 Å². The molecule has 3 N–H and O–H groups in total. The molecular weight excluding hydrogens is 309 g/mol. The molecule has 0 saturated heterocycles. The molecule has 0 spiro atoms. The van der Waals surface area contributed by atoms with E-state index < -0.39 is 18.0 Å². The summed E-state index contributed by atoms with van der Waals surface area (Å²) in [6.45, 7) is 0.361. The zero-order valence-electron chi connectivity index (χ0n) is 12.0. The molecule has 1 atom stereocenters. The fourth-order valence-electron chi connectivity index (χ4n) is 1.94. The molecule has 2 rings (SSSR count). The Morgan fingerprint density at radius 2 is 2.18 bits per heavy atom. The number of benzene rings is 1. The Kier molecular flexibility index (Phi) is 5.41. The van der Waals surface area contributed by atoms with E-state index in [-0.39, 0.29) is 11.6 Å². The van der Waals surface area contributed by atoms with Gasteiger partial charge >= 0.3 is 6.03 Å². The normalized spacial score (nSPS) is 12.0. The summed E-state index contributed by atoms with van der Waals surface area (Å²) in [5.74, 6) is -0.605. The molecule has 5 nitrogen and oxygen atoms in total. The summed E-state index contributed by atoms with van der Waals surface area (Å²) in [4.78, 5) is 11.6. The predicted octanol–water partition coefficient (Wildman–Crippen LogP) is 2.35. The summed E-state index contributed by atoms with van der Waals surface area (Å²) in [5.41, 5.74) is 1.32. The molecule has 0 bridgehead atoms. The lowest BCUT2D eigenvalue weighted by atomic mass is 10.1. The second-order valence-electron chi connectivity index (χ2n) is 4.94. The number of carbonyl (C=O) groups excluding carboxylic acids is 1. The van der Waals surface area contributed by atoms with Gasteiger partial charge in [-0.2, -0.15) is 0 Å². The number of halogens is 2. The van der Waals surface area contributed by atoms with E-state index in [1.165, 1.54) is 12.1 Å². The van der Waals surface area contributed by atoms with E-state index in [1.807, 2.05) is 30.1 Å². The largest absolute Gasteiger partial charge is 0.387 e. The van der Waals surface area contributed by atoms with Gasteiger partial charge in [0, 0.05) is 32.5 Å². The van der Waals surface area contributed by atoms with Crippen molar-refractivity contribution in [2.45, 2.75) is 12.6 Å². The highest BCUT2D eigenvalue weighted by atomic mass is 35.5. The number of aliphatic hydroxyl groups excluding tert-OH is 1. The molecule has 0 aliphatic heterocycles. The highest BCUT2D eigenvalue weighted by Gasteiger charge is 2.11. The van der Waals surface area contributed by atoms with Gasteiger partial charge in [0.2, 0.25) is 0 Å². The van der Waals surface area contributed by atoms with E-state index >= 15 is 0 Å². The van der Waals surface area contributed by atoms with Gasteiger partial charge in [-0.05, 0) is 29.3 Å². The molecule has 1 heterocycles. The average molecular weight is 326 g/mol. The van der Waals surface area contributed by atoms with Gasteiger partial charge in [-0.25, -0.2) is 9.18 Å². The van der Waals surface area contributed by atoms with E-state index in [2.05, 4.69) is 10.6 Å². The van der Waals surface area contributed by atoms with Crippen molar-refractivity contribution in [2.24, 2.45) is 7.05 Å². The van der Waals surface area contributed by atoms with Gasteiger partial charge in [0.25, 0.3) is 0 Å². The maximum atomic E-state index is 13.3. The molecule has 2 aromatic rings. The van der Waals surface area contributed by atoms with Crippen LogP contribution in [0.1, 0.15) is 17.2 Å². The minimum atomic E-state index is -1.01. The summed E-state index contributed by atoms with van der Waals surface area (Å²) in [5, 5.41) is 15.1. The molecular formula is C15H17ClFN3O2. The summed E-state index contributed by atoms with van der Waals surface area (Å²) in [7, 11) is 1.89. The first kappa shape index (κ1) is 16.3. The zero-order chi connectivity index (χ0) is 16.1. The zero-order valence-corrected chi connectivity index (χ0v) is 12.8. The van der Waals surface area contributed by atoms with Gasteiger partial charge in [-0.15, -0.1) is 0 Å². The molecule has 0 radical (unpaired) electrons. The molecule has 22 heavy (non-hydrogen) atoms. The average Bonchev–Trinajstić information content (AvgIpc) is 2.91. The Bertz CT molecular complexity index is 660. The van der Waals surface area contributed by atoms with Crippen LogP contribution in [0.5, 0.6) is 0 Å². The van der Waals surface area contributed by atoms with Gasteiger partial charge in [0.05, 0.1) is 11.1 Å². The lowest BCUT2D eigenvalue weighted by Crippen LogP contribution is -2.37. The van der Waals surface area contributed by atoms with Crippen LogP contribution in [0.25, 0.3) is 0 Å².